The van der Waals surface area contributed by atoms with Crippen molar-refractivity contribution in [1.82, 2.24) is 5.01 Å². The summed E-state index contributed by atoms with van der Waals surface area (Å²) in [5.74, 6) is 0.0383. The number of aromatic carboxylic acids is 1. The summed E-state index contributed by atoms with van der Waals surface area (Å²) in [7, 11) is 0. The normalized spacial score (nSPS) is 24.3. The summed E-state index contributed by atoms with van der Waals surface area (Å²) in [4.78, 5) is 11.0. The number of fused-ring (bicyclic) bond motifs is 3. The molecule has 1 aliphatic carbocycles. The molecule has 0 spiro atoms. The first-order chi connectivity index (χ1) is 10.2. The number of hydrazone groups is 1. The maximum atomic E-state index is 11.0. The molecule has 5 heteroatoms. The minimum absolute atomic E-state index is 0.262. The lowest BCUT2D eigenvalue weighted by molar-refractivity contribution is 0.0696. The molecule has 0 amide bonds. The van der Waals surface area contributed by atoms with E-state index in [1.165, 1.54) is 25.7 Å². The second kappa shape index (κ2) is 4.76. The van der Waals surface area contributed by atoms with E-state index in [4.69, 9.17) is 14.9 Å². The molecule has 1 fully saturated rings. The third kappa shape index (κ3) is 2.07. The SMILES string of the molecule is O=C(O)c1ccc2c(c1)OCC1CN(C3CCCC3)N=C21. The van der Waals surface area contributed by atoms with Crippen LogP contribution in [0.1, 0.15) is 41.6 Å². The van der Waals surface area contributed by atoms with Crippen LogP contribution in [-0.4, -0.2) is 41.0 Å². The minimum Gasteiger partial charge on any atom is -0.492 e. The van der Waals surface area contributed by atoms with Gasteiger partial charge in [-0.05, 0) is 31.0 Å². The molecule has 0 saturated heterocycles. The van der Waals surface area contributed by atoms with Crippen LogP contribution < -0.4 is 4.74 Å². The van der Waals surface area contributed by atoms with Crippen LogP contribution in [0, 0.1) is 5.92 Å². The zero-order valence-electron chi connectivity index (χ0n) is 11.8. The van der Waals surface area contributed by atoms with Gasteiger partial charge in [-0.1, -0.05) is 12.8 Å². The summed E-state index contributed by atoms with van der Waals surface area (Å²) in [5.41, 5.74) is 2.29. The Balaban J connectivity index is 1.67. The Morgan fingerprint density at radius 2 is 2.14 bits per heavy atom. The summed E-state index contributed by atoms with van der Waals surface area (Å²) >= 11 is 0. The van der Waals surface area contributed by atoms with Gasteiger partial charge < -0.3 is 9.84 Å². The smallest absolute Gasteiger partial charge is 0.335 e. The average Bonchev–Trinajstić information content (AvgIpc) is 3.15. The second-order valence-electron chi connectivity index (χ2n) is 6.07. The predicted molar refractivity (Wildman–Crippen MR) is 77.9 cm³/mol. The fourth-order valence-electron chi connectivity index (χ4n) is 3.59. The molecule has 1 saturated carbocycles. The van der Waals surface area contributed by atoms with Gasteiger partial charge in [0.15, 0.2) is 0 Å². The molecule has 1 aromatic rings. The third-order valence-corrected chi connectivity index (χ3v) is 4.72. The van der Waals surface area contributed by atoms with Crippen molar-refractivity contribution in [3.05, 3.63) is 29.3 Å². The van der Waals surface area contributed by atoms with Crippen molar-refractivity contribution < 1.29 is 14.6 Å². The van der Waals surface area contributed by atoms with Crippen molar-refractivity contribution in [2.45, 2.75) is 31.7 Å². The molecule has 1 atom stereocenters. The highest BCUT2D eigenvalue weighted by atomic mass is 16.5. The largest absolute Gasteiger partial charge is 0.492 e. The van der Waals surface area contributed by atoms with Gasteiger partial charge in [0.25, 0.3) is 0 Å². The van der Waals surface area contributed by atoms with Gasteiger partial charge in [-0.15, -0.1) is 0 Å². The van der Waals surface area contributed by atoms with Crippen molar-refractivity contribution in [3.8, 4) is 5.75 Å². The standard InChI is InChI=1S/C16H18N2O3/c19-16(20)10-5-6-13-14(7-10)21-9-11-8-18(17-15(11)13)12-3-1-2-4-12/h5-7,11-12H,1-4,8-9H2,(H,19,20). The Hall–Kier alpha value is -2.04. The molecule has 0 radical (unpaired) electrons. The molecule has 1 unspecified atom stereocenters. The molecule has 0 bridgehead atoms. The highest BCUT2D eigenvalue weighted by Crippen LogP contribution is 2.35. The van der Waals surface area contributed by atoms with E-state index in [0.717, 1.165) is 17.8 Å². The van der Waals surface area contributed by atoms with Gasteiger partial charge in [0.1, 0.15) is 5.75 Å². The monoisotopic (exact) mass is 286 g/mol. The zero-order valence-corrected chi connectivity index (χ0v) is 11.8. The van der Waals surface area contributed by atoms with Crippen LogP contribution in [0.3, 0.4) is 0 Å². The van der Waals surface area contributed by atoms with Gasteiger partial charge in [0, 0.05) is 18.2 Å². The number of carbonyl (C=O) groups is 1. The van der Waals surface area contributed by atoms with Crippen LogP contribution in [0.5, 0.6) is 5.75 Å². The fraction of sp³-hybridized carbons (Fsp3) is 0.500. The summed E-state index contributed by atoms with van der Waals surface area (Å²) < 4.78 is 5.77. The maximum absolute atomic E-state index is 11.0. The van der Waals surface area contributed by atoms with Gasteiger partial charge in [0.05, 0.1) is 23.8 Å². The summed E-state index contributed by atoms with van der Waals surface area (Å²) in [5, 5.41) is 16.1. The van der Waals surface area contributed by atoms with E-state index >= 15 is 0 Å². The second-order valence-corrected chi connectivity index (χ2v) is 6.07. The molecule has 2 heterocycles. The van der Waals surface area contributed by atoms with Crippen molar-refractivity contribution in [1.29, 1.82) is 0 Å². The first kappa shape index (κ1) is 12.7. The van der Waals surface area contributed by atoms with Gasteiger partial charge in [-0.25, -0.2) is 4.79 Å². The van der Waals surface area contributed by atoms with Crippen LogP contribution in [-0.2, 0) is 0 Å². The lowest BCUT2D eigenvalue weighted by Crippen LogP contribution is -2.32. The Morgan fingerprint density at radius 3 is 2.90 bits per heavy atom. The molecule has 21 heavy (non-hydrogen) atoms. The molecule has 5 nitrogen and oxygen atoms in total. The molecular weight excluding hydrogens is 268 g/mol. The van der Waals surface area contributed by atoms with E-state index < -0.39 is 5.97 Å². The average molecular weight is 286 g/mol. The van der Waals surface area contributed by atoms with Crippen molar-refractivity contribution >= 4 is 11.7 Å². The number of rotatable bonds is 2. The summed E-state index contributed by atoms with van der Waals surface area (Å²) in [6, 6.07) is 5.65. The van der Waals surface area contributed by atoms with E-state index in [9.17, 15) is 4.79 Å². The van der Waals surface area contributed by atoms with Gasteiger partial charge in [0.2, 0.25) is 0 Å². The minimum atomic E-state index is -0.926. The maximum Gasteiger partial charge on any atom is 0.335 e. The summed E-state index contributed by atoms with van der Waals surface area (Å²) in [6.45, 7) is 1.53. The quantitative estimate of drug-likeness (QED) is 0.906. The van der Waals surface area contributed by atoms with Crippen LogP contribution in [0.2, 0.25) is 0 Å². The number of benzene rings is 1. The number of nitrogens with zero attached hydrogens (tertiary/aromatic N) is 2. The molecule has 2 aliphatic heterocycles. The Morgan fingerprint density at radius 1 is 1.33 bits per heavy atom. The number of ether oxygens (including phenoxy) is 1. The molecule has 3 aliphatic rings. The van der Waals surface area contributed by atoms with Crippen molar-refractivity contribution in [3.63, 3.8) is 0 Å². The number of hydrogen-bond donors (Lipinski definition) is 1. The Kier molecular flexibility index (Phi) is 2.87. The van der Waals surface area contributed by atoms with Crippen molar-refractivity contribution in [2.24, 2.45) is 11.0 Å². The molecular formula is C16H18N2O3. The lowest BCUT2D eigenvalue weighted by atomic mass is 9.94. The van der Waals surface area contributed by atoms with Crippen molar-refractivity contribution in [2.75, 3.05) is 13.2 Å². The van der Waals surface area contributed by atoms with Gasteiger partial charge in [-0.2, -0.15) is 5.10 Å². The molecule has 110 valence electrons. The number of hydrogen-bond acceptors (Lipinski definition) is 4. The van der Waals surface area contributed by atoms with E-state index in [2.05, 4.69) is 5.01 Å². The Bertz CT molecular complexity index is 620. The topological polar surface area (TPSA) is 62.1 Å². The van der Waals surface area contributed by atoms with Crippen LogP contribution in [0.25, 0.3) is 0 Å². The number of carboxylic acid groups (broad SMARTS) is 1. The zero-order chi connectivity index (χ0) is 14.4. The van der Waals surface area contributed by atoms with E-state index in [1.807, 2.05) is 6.07 Å². The highest BCUT2D eigenvalue weighted by Gasteiger charge is 2.36. The van der Waals surface area contributed by atoms with E-state index in [1.54, 1.807) is 12.1 Å². The molecule has 0 aromatic heterocycles. The first-order valence-electron chi connectivity index (χ1n) is 7.58. The third-order valence-electron chi connectivity index (χ3n) is 4.72. The van der Waals surface area contributed by atoms with Gasteiger partial charge in [-0.3, -0.25) is 5.01 Å². The predicted octanol–water partition coefficient (Wildman–Crippen LogP) is 2.36. The molecule has 4 rings (SSSR count). The number of carboxylic acids is 1. The highest BCUT2D eigenvalue weighted by molar-refractivity contribution is 6.07. The van der Waals surface area contributed by atoms with Crippen LogP contribution >= 0.6 is 0 Å². The fourth-order valence-corrected chi connectivity index (χ4v) is 3.59. The molecule has 1 aromatic carbocycles. The molecule has 1 N–H and O–H groups in total. The lowest BCUT2D eigenvalue weighted by Gasteiger charge is -2.24. The van der Waals surface area contributed by atoms with E-state index in [-0.39, 0.29) is 5.56 Å². The summed E-state index contributed by atoms with van der Waals surface area (Å²) in [6.07, 6.45) is 5.06. The van der Waals surface area contributed by atoms with Crippen LogP contribution in [0.4, 0.5) is 0 Å². The van der Waals surface area contributed by atoms with Crippen LogP contribution in [0.15, 0.2) is 23.3 Å². The van der Waals surface area contributed by atoms with E-state index in [0.29, 0.717) is 24.3 Å². The first-order valence-corrected chi connectivity index (χ1v) is 7.58. The Labute approximate surface area is 123 Å². The van der Waals surface area contributed by atoms with Gasteiger partial charge >= 0.3 is 5.97 Å².